The van der Waals surface area contributed by atoms with Crippen molar-refractivity contribution in [3.8, 4) is 17.2 Å². The molecule has 9 heteroatoms. The Labute approximate surface area is 173 Å². The molecule has 0 saturated carbocycles. The number of carbonyl (C=O) groups is 1. The van der Waals surface area contributed by atoms with Crippen LogP contribution in [0.5, 0.6) is 17.2 Å². The van der Waals surface area contributed by atoms with Gasteiger partial charge >= 0.3 is 0 Å². The molecule has 0 fully saturated rings. The van der Waals surface area contributed by atoms with Crippen LogP contribution in [0.1, 0.15) is 15.9 Å². The Kier molecular flexibility index (Phi) is 7.30. The first kappa shape index (κ1) is 21.3. The summed E-state index contributed by atoms with van der Waals surface area (Å²) in [6.45, 7) is 1.37. The lowest BCUT2D eigenvalue weighted by atomic mass is 10.1. The Bertz CT molecular complexity index is 846. The van der Waals surface area contributed by atoms with E-state index in [1.165, 1.54) is 19.2 Å². The Balaban J connectivity index is 0.00000261. The molecule has 1 amide bonds. The summed E-state index contributed by atoms with van der Waals surface area (Å²) < 4.78 is 16.2. The summed E-state index contributed by atoms with van der Waals surface area (Å²) in [7, 11) is 1.47. The zero-order chi connectivity index (χ0) is 18.7. The lowest BCUT2D eigenvalue weighted by Gasteiger charge is -2.20. The number of rotatable bonds is 5. The SMILES string of the molecule is COc1cc(N)c(Cl)cc1C(=O)NCCc1cc(Cl)c2c(c1)OCCO2.Cl. The van der Waals surface area contributed by atoms with Crippen molar-refractivity contribution in [3.63, 3.8) is 0 Å². The van der Waals surface area contributed by atoms with Crippen LogP contribution >= 0.6 is 35.6 Å². The van der Waals surface area contributed by atoms with Crippen LogP contribution in [0.3, 0.4) is 0 Å². The van der Waals surface area contributed by atoms with Crippen LogP contribution in [0.2, 0.25) is 10.0 Å². The largest absolute Gasteiger partial charge is 0.496 e. The van der Waals surface area contributed by atoms with E-state index in [0.717, 1.165) is 5.56 Å². The first-order valence-electron chi connectivity index (χ1n) is 7.99. The minimum absolute atomic E-state index is 0. The fourth-order valence-corrected chi connectivity index (χ4v) is 3.09. The predicted molar refractivity (Wildman–Crippen MR) is 108 cm³/mol. The maximum atomic E-state index is 12.4. The Morgan fingerprint density at radius 1 is 1.19 bits per heavy atom. The van der Waals surface area contributed by atoms with Gasteiger partial charge in [0.1, 0.15) is 19.0 Å². The fraction of sp³-hybridized carbons (Fsp3) is 0.278. The third-order valence-corrected chi connectivity index (χ3v) is 4.53. The lowest BCUT2D eigenvalue weighted by molar-refractivity contribution is 0.0951. The first-order chi connectivity index (χ1) is 12.5. The molecule has 6 nitrogen and oxygen atoms in total. The van der Waals surface area contributed by atoms with E-state index in [0.29, 0.717) is 64.7 Å². The summed E-state index contributed by atoms with van der Waals surface area (Å²) in [5, 5.41) is 3.63. The second-order valence-corrected chi connectivity index (χ2v) is 6.50. The Morgan fingerprint density at radius 3 is 2.67 bits per heavy atom. The average Bonchev–Trinajstić information content (AvgIpc) is 2.63. The molecule has 27 heavy (non-hydrogen) atoms. The van der Waals surface area contributed by atoms with Crippen molar-refractivity contribution in [2.45, 2.75) is 6.42 Å². The highest BCUT2D eigenvalue weighted by molar-refractivity contribution is 6.33. The smallest absolute Gasteiger partial charge is 0.255 e. The van der Waals surface area contributed by atoms with Gasteiger partial charge in [0, 0.05) is 12.6 Å². The number of carbonyl (C=O) groups excluding carboxylic acids is 1. The molecule has 3 rings (SSSR count). The molecule has 2 aromatic carbocycles. The quantitative estimate of drug-likeness (QED) is 0.702. The molecule has 0 aliphatic carbocycles. The van der Waals surface area contributed by atoms with E-state index >= 15 is 0 Å². The van der Waals surface area contributed by atoms with Crippen LogP contribution in [-0.2, 0) is 6.42 Å². The lowest BCUT2D eigenvalue weighted by Crippen LogP contribution is -2.26. The summed E-state index contributed by atoms with van der Waals surface area (Å²) in [4.78, 5) is 12.4. The second-order valence-electron chi connectivity index (χ2n) is 5.68. The molecular formula is C18H19Cl3N2O4. The van der Waals surface area contributed by atoms with Gasteiger partial charge in [-0.3, -0.25) is 4.79 Å². The standard InChI is InChI=1S/C18H18Cl2N2O4.ClH/c1-24-15-9-14(21)12(19)8-11(15)18(23)22-3-2-10-6-13(20)17-16(7-10)25-4-5-26-17;/h6-9H,2-5,21H2,1H3,(H,22,23);1H. The summed E-state index contributed by atoms with van der Waals surface area (Å²) in [5.74, 6) is 1.25. The van der Waals surface area contributed by atoms with E-state index in [4.69, 9.17) is 43.1 Å². The minimum Gasteiger partial charge on any atom is -0.496 e. The number of nitrogen functional groups attached to an aromatic ring is 1. The number of fused-ring (bicyclic) bond motifs is 1. The molecule has 146 valence electrons. The van der Waals surface area contributed by atoms with Gasteiger partial charge in [0.15, 0.2) is 11.5 Å². The van der Waals surface area contributed by atoms with Crippen LogP contribution in [0.4, 0.5) is 5.69 Å². The van der Waals surface area contributed by atoms with Crippen molar-refractivity contribution in [1.29, 1.82) is 0 Å². The Hall–Kier alpha value is -2.02. The van der Waals surface area contributed by atoms with Gasteiger partial charge in [-0.25, -0.2) is 0 Å². The number of nitrogens with one attached hydrogen (secondary N) is 1. The van der Waals surface area contributed by atoms with Crippen LogP contribution in [0, 0.1) is 0 Å². The number of benzene rings is 2. The van der Waals surface area contributed by atoms with Crippen molar-refractivity contribution < 1.29 is 19.0 Å². The molecule has 0 bridgehead atoms. The molecule has 0 saturated heterocycles. The molecule has 0 radical (unpaired) electrons. The van der Waals surface area contributed by atoms with Crippen LogP contribution in [-0.4, -0.2) is 32.8 Å². The van der Waals surface area contributed by atoms with Crippen molar-refractivity contribution in [3.05, 3.63) is 45.4 Å². The van der Waals surface area contributed by atoms with Crippen LogP contribution in [0.15, 0.2) is 24.3 Å². The van der Waals surface area contributed by atoms with Crippen LogP contribution < -0.4 is 25.3 Å². The maximum absolute atomic E-state index is 12.4. The van der Waals surface area contributed by atoms with Crippen molar-refractivity contribution >= 4 is 47.2 Å². The molecule has 2 aromatic rings. The van der Waals surface area contributed by atoms with Gasteiger partial charge in [-0.1, -0.05) is 23.2 Å². The highest BCUT2D eigenvalue weighted by atomic mass is 35.5. The van der Waals surface area contributed by atoms with Crippen molar-refractivity contribution in [1.82, 2.24) is 5.32 Å². The van der Waals surface area contributed by atoms with Crippen molar-refractivity contribution in [2.75, 3.05) is 32.6 Å². The third-order valence-electron chi connectivity index (χ3n) is 3.92. The molecule has 0 atom stereocenters. The topological polar surface area (TPSA) is 82.8 Å². The number of amides is 1. The monoisotopic (exact) mass is 432 g/mol. The van der Waals surface area contributed by atoms with E-state index in [9.17, 15) is 4.79 Å². The highest BCUT2D eigenvalue weighted by Crippen LogP contribution is 2.38. The van der Waals surface area contributed by atoms with Gasteiger partial charge in [0.05, 0.1) is 28.4 Å². The molecule has 1 heterocycles. The number of methoxy groups -OCH3 is 1. The van der Waals surface area contributed by atoms with E-state index < -0.39 is 0 Å². The molecule has 1 aliphatic rings. The molecule has 3 N–H and O–H groups in total. The molecule has 0 aromatic heterocycles. The number of hydrogen-bond acceptors (Lipinski definition) is 5. The van der Waals surface area contributed by atoms with E-state index in [-0.39, 0.29) is 18.3 Å². The van der Waals surface area contributed by atoms with Gasteiger partial charge in [-0.15, -0.1) is 12.4 Å². The number of halogens is 3. The van der Waals surface area contributed by atoms with Crippen LogP contribution in [0.25, 0.3) is 0 Å². The van der Waals surface area contributed by atoms with E-state index in [1.807, 2.05) is 12.1 Å². The number of ether oxygens (including phenoxy) is 3. The van der Waals surface area contributed by atoms with Gasteiger partial charge in [0.2, 0.25) is 0 Å². The van der Waals surface area contributed by atoms with Gasteiger partial charge in [-0.05, 0) is 30.2 Å². The number of nitrogens with two attached hydrogens (primary N) is 1. The highest BCUT2D eigenvalue weighted by Gasteiger charge is 2.17. The predicted octanol–water partition coefficient (Wildman–Crippen LogP) is 3.75. The van der Waals surface area contributed by atoms with E-state index in [2.05, 4.69) is 5.32 Å². The fourth-order valence-electron chi connectivity index (χ4n) is 2.64. The normalized spacial score (nSPS) is 12.1. The average molecular weight is 434 g/mol. The molecule has 0 spiro atoms. The molecule has 1 aliphatic heterocycles. The number of anilines is 1. The van der Waals surface area contributed by atoms with Gasteiger partial charge in [-0.2, -0.15) is 0 Å². The summed E-state index contributed by atoms with van der Waals surface area (Å²) in [6.07, 6.45) is 0.577. The summed E-state index contributed by atoms with van der Waals surface area (Å²) in [5.41, 5.74) is 7.34. The molecular weight excluding hydrogens is 415 g/mol. The third kappa shape index (κ3) is 4.83. The Morgan fingerprint density at radius 2 is 1.93 bits per heavy atom. The second kappa shape index (κ2) is 9.26. The van der Waals surface area contributed by atoms with Gasteiger partial charge < -0.3 is 25.3 Å². The maximum Gasteiger partial charge on any atom is 0.255 e. The molecule has 0 unspecified atom stereocenters. The summed E-state index contributed by atoms with van der Waals surface area (Å²) in [6, 6.07) is 6.69. The van der Waals surface area contributed by atoms with Gasteiger partial charge in [0.25, 0.3) is 5.91 Å². The zero-order valence-electron chi connectivity index (χ0n) is 14.5. The summed E-state index contributed by atoms with van der Waals surface area (Å²) >= 11 is 12.2. The van der Waals surface area contributed by atoms with Crippen molar-refractivity contribution in [2.24, 2.45) is 0 Å². The first-order valence-corrected chi connectivity index (χ1v) is 8.74. The number of hydrogen-bond donors (Lipinski definition) is 2. The zero-order valence-corrected chi connectivity index (χ0v) is 16.8. The van der Waals surface area contributed by atoms with E-state index in [1.54, 1.807) is 0 Å². The minimum atomic E-state index is -0.299.